The number of carbonyl (C=O) groups is 2. The van der Waals surface area contributed by atoms with E-state index in [1.165, 1.54) is 39.5 Å². The summed E-state index contributed by atoms with van der Waals surface area (Å²) in [5, 5.41) is 0. The minimum absolute atomic E-state index is 0.323. The van der Waals surface area contributed by atoms with Crippen LogP contribution in [0.1, 0.15) is 65.2 Å². The summed E-state index contributed by atoms with van der Waals surface area (Å²) in [6.45, 7) is 4.17. The molecule has 0 unspecified atom stereocenters. The zero-order valence-corrected chi connectivity index (χ0v) is 19.1. The molecule has 32 heavy (non-hydrogen) atoms. The molecule has 0 atom stereocenters. The Hall–Kier alpha value is -3.02. The highest BCUT2D eigenvalue weighted by molar-refractivity contribution is 5.69. The Morgan fingerprint density at radius 2 is 0.781 bits per heavy atom. The standard InChI is InChI=1S/C26H34O6/c1-21(27)31-25-15-11-23(12-16-25)29-19-9-7-5-3-4-6-8-10-20-30-24-13-17-26(18-14-24)32-22(2)28/h11-18H,3-10,19-20H2,1-2H3. The lowest BCUT2D eigenvalue weighted by Gasteiger charge is -2.08. The molecule has 0 aliphatic rings. The fourth-order valence-electron chi connectivity index (χ4n) is 3.18. The molecule has 2 aromatic rings. The predicted molar refractivity (Wildman–Crippen MR) is 123 cm³/mol. The molecule has 2 rings (SSSR count). The molecule has 0 aliphatic heterocycles. The fraction of sp³-hybridized carbons (Fsp3) is 0.462. The van der Waals surface area contributed by atoms with Crippen LogP contribution in [0.5, 0.6) is 23.0 Å². The van der Waals surface area contributed by atoms with Gasteiger partial charge in [-0.3, -0.25) is 9.59 Å². The van der Waals surface area contributed by atoms with Crippen LogP contribution >= 0.6 is 0 Å². The molecule has 0 radical (unpaired) electrons. The van der Waals surface area contributed by atoms with Gasteiger partial charge in [-0.2, -0.15) is 0 Å². The molecule has 0 amide bonds. The molecule has 0 saturated heterocycles. The summed E-state index contributed by atoms with van der Waals surface area (Å²) in [6.07, 6.45) is 9.34. The number of carbonyl (C=O) groups excluding carboxylic acids is 2. The molecule has 6 nitrogen and oxygen atoms in total. The van der Waals surface area contributed by atoms with Crippen molar-refractivity contribution in [3.63, 3.8) is 0 Å². The summed E-state index contributed by atoms with van der Waals surface area (Å²) < 4.78 is 21.4. The average Bonchev–Trinajstić information content (AvgIpc) is 2.76. The summed E-state index contributed by atoms with van der Waals surface area (Å²) in [4.78, 5) is 21.8. The SMILES string of the molecule is CC(=O)Oc1ccc(OCCCCCCCCCCOc2ccc(OC(C)=O)cc2)cc1. The lowest BCUT2D eigenvalue weighted by molar-refractivity contribution is -0.132. The van der Waals surface area contributed by atoms with Crippen LogP contribution in [0.2, 0.25) is 0 Å². The maximum absolute atomic E-state index is 10.9. The van der Waals surface area contributed by atoms with E-state index in [2.05, 4.69) is 0 Å². The Bertz CT molecular complexity index is 729. The molecule has 6 heteroatoms. The van der Waals surface area contributed by atoms with Crippen LogP contribution in [0.25, 0.3) is 0 Å². The summed E-state index contributed by atoms with van der Waals surface area (Å²) in [5.41, 5.74) is 0. The molecule has 0 heterocycles. The normalized spacial score (nSPS) is 10.4. The first-order chi connectivity index (χ1) is 15.5. The van der Waals surface area contributed by atoms with Gasteiger partial charge in [-0.1, -0.05) is 38.5 Å². The lowest BCUT2D eigenvalue weighted by Crippen LogP contribution is -2.01. The fourth-order valence-corrected chi connectivity index (χ4v) is 3.18. The average molecular weight is 443 g/mol. The Kier molecular flexibility index (Phi) is 11.7. The third-order valence-electron chi connectivity index (χ3n) is 4.75. The van der Waals surface area contributed by atoms with E-state index < -0.39 is 0 Å². The number of hydrogen-bond donors (Lipinski definition) is 0. The first-order valence-electron chi connectivity index (χ1n) is 11.4. The molecule has 174 valence electrons. The zero-order valence-electron chi connectivity index (χ0n) is 19.1. The van der Waals surface area contributed by atoms with Crippen molar-refractivity contribution in [3.05, 3.63) is 48.5 Å². The van der Waals surface area contributed by atoms with Gasteiger partial charge in [0.2, 0.25) is 0 Å². The molecular formula is C26H34O6. The van der Waals surface area contributed by atoms with Crippen molar-refractivity contribution in [1.82, 2.24) is 0 Å². The molecule has 0 saturated carbocycles. The second-order valence-electron chi connectivity index (χ2n) is 7.66. The number of benzene rings is 2. The highest BCUT2D eigenvalue weighted by Gasteiger charge is 2.01. The van der Waals surface area contributed by atoms with Crippen LogP contribution < -0.4 is 18.9 Å². The maximum Gasteiger partial charge on any atom is 0.308 e. The zero-order chi connectivity index (χ0) is 23.0. The van der Waals surface area contributed by atoms with Gasteiger partial charge in [-0.15, -0.1) is 0 Å². The van der Waals surface area contributed by atoms with E-state index in [9.17, 15) is 9.59 Å². The van der Waals surface area contributed by atoms with E-state index in [0.717, 1.165) is 37.2 Å². The third kappa shape index (κ3) is 11.4. The second-order valence-corrected chi connectivity index (χ2v) is 7.66. The van der Waals surface area contributed by atoms with Crippen molar-refractivity contribution in [2.24, 2.45) is 0 Å². The molecular weight excluding hydrogens is 408 g/mol. The van der Waals surface area contributed by atoms with E-state index in [-0.39, 0.29) is 11.9 Å². The van der Waals surface area contributed by atoms with Crippen LogP contribution in [-0.2, 0) is 9.59 Å². The number of hydrogen-bond acceptors (Lipinski definition) is 6. The Balaban J connectivity index is 1.39. The van der Waals surface area contributed by atoms with E-state index in [0.29, 0.717) is 24.7 Å². The number of unbranched alkanes of at least 4 members (excludes halogenated alkanes) is 7. The van der Waals surface area contributed by atoms with E-state index in [4.69, 9.17) is 18.9 Å². The minimum atomic E-state index is -0.323. The van der Waals surface area contributed by atoms with Crippen LogP contribution in [0.3, 0.4) is 0 Å². The summed E-state index contributed by atoms with van der Waals surface area (Å²) in [5.74, 6) is 2.01. The van der Waals surface area contributed by atoms with Gasteiger partial charge in [-0.05, 0) is 61.4 Å². The molecule has 2 aromatic carbocycles. The highest BCUT2D eigenvalue weighted by Crippen LogP contribution is 2.19. The summed E-state index contributed by atoms with van der Waals surface area (Å²) in [6, 6.07) is 14.2. The topological polar surface area (TPSA) is 71.1 Å². The van der Waals surface area contributed by atoms with Crippen LogP contribution in [0.15, 0.2) is 48.5 Å². The van der Waals surface area contributed by atoms with Gasteiger partial charge in [-0.25, -0.2) is 0 Å². The lowest BCUT2D eigenvalue weighted by atomic mass is 10.1. The highest BCUT2D eigenvalue weighted by atomic mass is 16.5. The Morgan fingerprint density at radius 3 is 1.09 bits per heavy atom. The maximum atomic E-state index is 10.9. The van der Waals surface area contributed by atoms with Gasteiger partial charge in [0, 0.05) is 13.8 Å². The number of ether oxygens (including phenoxy) is 4. The van der Waals surface area contributed by atoms with Crippen molar-refractivity contribution in [1.29, 1.82) is 0 Å². The first-order valence-corrected chi connectivity index (χ1v) is 11.4. The molecule has 0 fully saturated rings. The van der Waals surface area contributed by atoms with E-state index in [1.54, 1.807) is 24.3 Å². The largest absolute Gasteiger partial charge is 0.494 e. The number of rotatable bonds is 15. The van der Waals surface area contributed by atoms with Crippen LogP contribution in [-0.4, -0.2) is 25.2 Å². The van der Waals surface area contributed by atoms with Gasteiger partial charge in [0.25, 0.3) is 0 Å². The smallest absolute Gasteiger partial charge is 0.308 e. The second kappa shape index (κ2) is 14.9. The molecule has 0 aliphatic carbocycles. The van der Waals surface area contributed by atoms with Crippen molar-refractivity contribution in [2.75, 3.05) is 13.2 Å². The first kappa shape index (κ1) is 25.2. The van der Waals surface area contributed by atoms with Gasteiger partial charge < -0.3 is 18.9 Å². The van der Waals surface area contributed by atoms with Crippen molar-refractivity contribution in [2.45, 2.75) is 65.2 Å². The quantitative estimate of drug-likeness (QED) is 0.188. The van der Waals surface area contributed by atoms with Gasteiger partial charge in [0.1, 0.15) is 23.0 Å². The van der Waals surface area contributed by atoms with Gasteiger partial charge in [0.05, 0.1) is 13.2 Å². The van der Waals surface area contributed by atoms with E-state index in [1.807, 2.05) is 24.3 Å². The van der Waals surface area contributed by atoms with Crippen molar-refractivity contribution >= 4 is 11.9 Å². The predicted octanol–water partition coefficient (Wildman–Crippen LogP) is 6.12. The van der Waals surface area contributed by atoms with Crippen molar-refractivity contribution in [3.8, 4) is 23.0 Å². The van der Waals surface area contributed by atoms with Gasteiger partial charge >= 0.3 is 11.9 Å². The molecule has 0 bridgehead atoms. The Labute approximate surface area is 190 Å². The van der Waals surface area contributed by atoms with E-state index >= 15 is 0 Å². The van der Waals surface area contributed by atoms with Crippen molar-refractivity contribution < 1.29 is 28.5 Å². The molecule has 0 N–H and O–H groups in total. The summed E-state index contributed by atoms with van der Waals surface area (Å²) in [7, 11) is 0. The molecule has 0 aromatic heterocycles. The van der Waals surface area contributed by atoms with Gasteiger partial charge in [0.15, 0.2) is 0 Å². The molecule has 0 spiro atoms. The minimum Gasteiger partial charge on any atom is -0.494 e. The third-order valence-corrected chi connectivity index (χ3v) is 4.75. The van der Waals surface area contributed by atoms with Crippen LogP contribution in [0.4, 0.5) is 0 Å². The monoisotopic (exact) mass is 442 g/mol. The summed E-state index contributed by atoms with van der Waals surface area (Å²) >= 11 is 0. The Morgan fingerprint density at radius 1 is 0.500 bits per heavy atom. The number of esters is 2. The van der Waals surface area contributed by atoms with Crippen LogP contribution in [0, 0.1) is 0 Å².